The molecule has 152 valence electrons. The number of imidazole rings is 1. The Balaban J connectivity index is 1.74. The highest BCUT2D eigenvalue weighted by Gasteiger charge is 2.15. The molecule has 0 unspecified atom stereocenters. The number of halogens is 1. The van der Waals surface area contributed by atoms with Gasteiger partial charge in [0.25, 0.3) is 0 Å². The SMILES string of the molecule is CCOc1cc(Cc2nc3ccccc3n2Cc2cccc(Cl)c2)ccc1C(=O)O. The third-order valence-corrected chi connectivity index (χ3v) is 5.14. The van der Waals surface area contributed by atoms with Gasteiger partial charge in [-0.05, 0) is 54.4 Å². The van der Waals surface area contributed by atoms with E-state index in [0.29, 0.717) is 30.3 Å². The highest BCUT2D eigenvalue weighted by atomic mass is 35.5. The van der Waals surface area contributed by atoms with Gasteiger partial charge in [-0.2, -0.15) is 0 Å². The normalized spacial score (nSPS) is 11.0. The largest absolute Gasteiger partial charge is 0.493 e. The number of carbonyl (C=O) groups is 1. The molecule has 4 aromatic rings. The Morgan fingerprint density at radius 3 is 2.67 bits per heavy atom. The maximum atomic E-state index is 11.5. The Hall–Kier alpha value is -3.31. The first-order valence-electron chi connectivity index (χ1n) is 9.72. The van der Waals surface area contributed by atoms with Crippen LogP contribution >= 0.6 is 11.6 Å². The number of nitrogens with zero attached hydrogens (tertiary/aromatic N) is 2. The van der Waals surface area contributed by atoms with Crippen molar-refractivity contribution in [2.75, 3.05) is 6.61 Å². The zero-order chi connectivity index (χ0) is 21.1. The molecule has 1 heterocycles. The van der Waals surface area contributed by atoms with E-state index in [2.05, 4.69) is 10.6 Å². The minimum absolute atomic E-state index is 0.160. The molecule has 0 amide bonds. The molecule has 0 bridgehead atoms. The van der Waals surface area contributed by atoms with E-state index in [1.807, 2.05) is 55.5 Å². The van der Waals surface area contributed by atoms with Gasteiger partial charge in [0.2, 0.25) is 0 Å². The minimum atomic E-state index is -1.00. The van der Waals surface area contributed by atoms with Crippen molar-refractivity contribution in [1.29, 1.82) is 0 Å². The van der Waals surface area contributed by atoms with E-state index in [-0.39, 0.29) is 5.56 Å². The standard InChI is InChI=1S/C24H21ClN2O3/c1-2-30-22-13-16(10-11-19(22)24(28)29)14-23-26-20-8-3-4-9-21(20)27(23)15-17-6-5-7-18(25)12-17/h3-13H,2,14-15H2,1H3,(H,28,29). The van der Waals surface area contributed by atoms with Crippen molar-refractivity contribution >= 4 is 28.6 Å². The second kappa shape index (κ2) is 8.59. The van der Waals surface area contributed by atoms with Crippen molar-refractivity contribution in [2.45, 2.75) is 19.9 Å². The van der Waals surface area contributed by atoms with Crippen molar-refractivity contribution in [3.05, 3.63) is 94.3 Å². The van der Waals surface area contributed by atoms with E-state index in [0.717, 1.165) is 28.0 Å². The lowest BCUT2D eigenvalue weighted by atomic mass is 10.1. The third-order valence-electron chi connectivity index (χ3n) is 4.90. The summed E-state index contributed by atoms with van der Waals surface area (Å²) in [4.78, 5) is 16.3. The minimum Gasteiger partial charge on any atom is -0.493 e. The Morgan fingerprint density at radius 2 is 1.90 bits per heavy atom. The monoisotopic (exact) mass is 420 g/mol. The Kier molecular flexibility index (Phi) is 5.72. The molecule has 3 aromatic carbocycles. The van der Waals surface area contributed by atoms with Crippen LogP contribution in [0.15, 0.2) is 66.7 Å². The van der Waals surface area contributed by atoms with Gasteiger partial charge >= 0.3 is 5.97 Å². The number of carboxylic acids is 1. The number of para-hydroxylation sites is 2. The fourth-order valence-corrected chi connectivity index (χ4v) is 3.78. The molecule has 0 aliphatic heterocycles. The summed E-state index contributed by atoms with van der Waals surface area (Å²) in [7, 11) is 0. The summed E-state index contributed by atoms with van der Waals surface area (Å²) in [6.07, 6.45) is 0.551. The number of benzene rings is 3. The van der Waals surface area contributed by atoms with Crippen LogP contribution in [0.4, 0.5) is 0 Å². The number of fused-ring (bicyclic) bond motifs is 1. The molecule has 0 fully saturated rings. The second-order valence-electron chi connectivity index (χ2n) is 6.98. The fraction of sp³-hybridized carbons (Fsp3) is 0.167. The number of rotatable bonds is 7. The predicted octanol–water partition coefficient (Wildman–Crippen LogP) is 5.43. The van der Waals surface area contributed by atoms with Gasteiger partial charge in [-0.3, -0.25) is 0 Å². The van der Waals surface area contributed by atoms with Gasteiger partial charge in [0.15, 0.2) is 0 Å². The lowest BCUT2D eigenvalue weighted by Gasteiger charge is -2.12. The molecule has 4 rings (SSSR count). The topological polar surface area (TPSA) is 64.4 Å². The molecule has 5 nitrogen and oxygen atoms in total. The average molecular weight is 421 g/mol. The molecule has 0 aliphatic rings. The number of aromatic nitrogens is 2. The van der Waals surface area contributed by atoms with Crippen LogP contribution in [0.5, 0.6) is 5.75 Å². The third kappa shape index (κ3) is 4.16. The van der Waals surface area contributed by atoms with Crippen LogP contribution in [-0.4, -0.2) is 27.2 Å². The van der Waals surface area contributed by atoms with Crippen LogP contribution in [0.1, 0.15) is 34.2 Å². The van der Waals surface area contributed by atoms with E-state index < -0.39 is 5.97 Å². The molecule has 0 aliphatic carbocycles. The van der Waals surface area contributed by atoms with Crippen LogP contribution in [0.25, 0.3) is 11.0 Å². The second-order valence-corrected chi connectivity index (χ2v) is 7.41. The van der Waals surface area contributed by atoms with Crippen molar-refractivity contribution < 1.29 is 14.6 Å². The molecular formula is C24H21ClN2O3. The van der Waals surface area contributed by atoms with E-state index in [9.17, 15) is 9.90 Å². The Labute approximate surface area is 179 Å². The lowest BCUT2D eigenvalue weighted by Crippen LogP contribution is -2.07. The van der Waals surface area contributed by atoms with E-state index in [4.69, 9.17) is 21.3 Å². The zero-order valence-electron chi connectivity index (χ0n) is 16.5. The molecule has 1 N–H and O–H groups in total. The van der Waals surface area contributed by atoms with Crippen LogP contribution in [-0.2, 0) is 13.0 Å². The zero-order valence-corrected chi connectivity index (χ0v) is 17.3. The van der Waals surface area contributed by atoms with Crippen molar-refractivity contribution in [3.63, 3.8) is 0 Å². The molecule has 0 saturated heterocycles. The van der Waals surface area contributed by atoms with Gasteiger partial charge in [0, 0.05) is 18.0 Å². The number of hydrogen-bond donors (Lipinski definition) is 1. The maximum absolute atomic E-state index is 11.5. The summed E-state index contributed by atoms with van der Waals surface area (Å²) < 4.78 is 7.73. The van der Waals surface area contributed by atoms with Gasteiger partial charge in [0.1, 0.15) is 17.1 Å². The summed E-state index contributed by atoms with van der Waals surface area (Å²) in [5.41, 5.74) is 4.14. The van der Waals surface area contributed by atoms with Crippen LogP contribution in [0, 0.1) is 0 Å². The number of hydrogen-bond acceptors (Lipinski definition) is 3. The first-order valence-corrected chi connectivity index (χ1v) is 10.1. The van der Waals surface area contributed by atoms with E-state index in [1.54, 1.807) is 12.1 Å². The highest BCUT2D eigenvalue weighted by Crippen LogP contribution is 2.25. The molecule has 1 aromatic heterocycles. The maximum Gasteiger partial charge on any atom is 0.339 e. The molecule has 0 saturated carbocycles. The van der Waals surface area contributed by atoms with Gasteiger partial charge in [0.05, 0.1) is 17.6 Å². The Bertz CT molecular complexity index is 1220. The number of aromatic carboxylic acids is 1. The molecule has 0 atom stereocenters. The summed E-state index contributed by atoms with van der Waals surface area (Å²) in [5, 5.41) is 10.1. The quantitative estimate of drug-likeness (QED) is 0.433. The van der Waals surface area contributed by atoms with Gasteiger partial charge in [-0.1, -0.05) is 41.9 Å². The summed E-state index contributed by atoms with van der Waals surface area (Å²) in [6.45, 7) is 2.88. The molecular weight excluding hydrogens is 400 g/mol. The first-order chi connectivity index (χ1) is 14.5. The first kappa shape index (κ1) is 20.0. The van der Waals surface area contributed by atoms with E-state index in [1.165, 1.54) is 0 Å². The fourth-order valence-electron chi connectivity index (χ4n) is 3.57. The van der Waals surface area contributed by atoms with Gasteiger partial charge < -0.3 is 14.4 Å². The molecule has 0 radical (unpaired) electrons. The molecule has 0 spiro atoms. The smallest absolute Gasteiger partial charge is 0.339 e. The number of ether oxygens (including phenoxy) is 1. The van der Waals surface area contributed by atoms with E-state index >= 15 is 0 Å². The van der Waals surface area contributed by atoms with Gasteiger partial charge in [-0.25, -0.2) is 9.78 Å². The predicted molar refractivity (Wildman–Crippen MR) is 118 cm³/mol. The van der Waals surface area contributed by atoms with Crippen LogP contribution in [0.3, 0.4) is 0 Å². The Morgan fingerprint density at radius 1 is 1.07 bits per heavy atom. The van der Waals surface area contributed by atoms with Crippen molar-refractivity contribution in [3.8, 4) is 5.75 Å². The summed E-state index contributed by atoms with van der Waals surface area (Å²) >= 11 is 6.17. The molecule has 30 heavy (non-hydrogen) atoms. The van der Waals surface area contributed by atoms with Crippen molar-refractivity contribution in [1.82, 2.24) is 9.55 Å². The van der Waals surface area contributed by atoms with Crippen LogP contribution < -0.4 is 4.74 Å². The van der Waals surface area contributed by atoms with Crippen molar-refractivity contribution in [2.24, 2.45) is 0 Å². The highest BCUT2D eigenvalue weighted by molar-refractivity contribution is 6.30. The summed E-state index contributed by atoms with van der Waals surface area (Å²) in [5.74, 6) is 0.264. The molecule has 6 heteroatoms. The lowest BCUT2D eigenvalue weighted by molar-refractivity contribution is 0.0692. The average Bonchev–Trinajstić information content (AvgIpc) is 3.05. The van der Waals surface area contributed by atoms with Gasteiger partial charge in [-0.15, -0.1) is 0 Å². The summed E-state index contributed by atoms with van der Waals surface area (Å²) in [6, 6.07) is 21.0. The number of carboxylic acid groups (broad SMARTS) is 1. The van der Waals surface area contributed by atoms with Crippen LogP contribution in [0.2, 0.25) is 5.02 Å².